The second kappa shape index (κ2) is 6.30. The van der Waals surface area contributed by atoms with E-state index in [2.05, 4.69) is 0 Å². The number of ether oxygens (including phenoxy) is 1. The number of benzene rings is 2. The second-order valence-electron chi connectivity index (χ2n) is 5.40. The van der Waals surface area contributed by atoms with Crippen LogP contribution in [0.25, 0.3) is 0 Å². The summed E-state index contributed by atoms with van der Waals surface area (Å²) in [6, 6.07) is 13.2. The molecule has 1 aliphatic rings. The van der Waals surface area contributed by atoms with Gasteiger partial charge in [0, 0.05) is 24.2 Å². The fraction of sp³-hybridized carbons (Fsp3) is 0.278. The van der Waals surface area contributed by atoms with E-state index in [1.165, 1.54) is 5.06 Å². The van der Waals surface area contributed by atoms with Crippen molar-refractivity contribution in [2.24, 2.45) is 0 Å². The first-order chi connectivity index (χ1) is 10.7. The second-order valence-corrected chi connectivity index (χ2v) is 5.40. The van der Waals surface area contributed by atoms with Gasteiger partial charge >= 0.3 is 0 Å². The molecule has 2 aromatic rings. The minimum atomic E-state index is 0.00120. The van der Waals surface area contributed by atoms with E-state index in [0.29, 0.717) is 43.0 Å². The maximum Gasteiger partial charge on any atom is 0.197 e. The number of nitrogens with zero attached hydrogens (tertiary/aromatic N) is 1. The molecule has 2 aromatic carbocycles. The van der Waals surface area contributed by atoms with Crippen LogP contribution in [0.4, 0.5) is 0 Å². The van der Waals surface area contributed by atoms with Crippen molar-refractivity contribution in [1.82, 2.24) is 5.06 Å². The molecule has 22 heavy (non-hydrogen) atoms. The van der Waals surface area contributed by atoms with Crippen LogP contribution in [-0.4, -0.2) is 29.1 Å². The summed E-state index contributed by atoms with van der Waals surface area (Å²) in [5.74, 6) is 0.627. The van der Waals surface area contributed by atoms with Gasteiger partial charge in [0.25, 0.3) is 0 Å². The lowest BCUT2D eigenvalue weighted by atomic mass is 9.97. The van der Waals surface area contributed by atoms with Crippen molar-refractivity contribution in [1.29, 1.82) is 0 Å². The van der Waals surface area contributed by atoms with Gasteiger partial charge < -0.3 is 9.94 Å². The fourth-order valence-corrected chi connectivity index (χ4v) is 2.62. The van der Waals surface area contributed by atoms with Gasteiger partial charge in [-0.1, -0.05) is 37.3 Å². The number of hydrogen-bond acceptors (Lipinski definition) is 4. The molecule has 0 radical (unpaired) electrons. The zero-order valence-corrected chi connectivity index (χ0v) is 12.6. The third-order valence-electron chi connectivity index (χ3n) is 3.96. The van der Waals surface area contributed by atoms with Gasteiger partial charge in [-0.2, -0.15) is 5.06 Å². The molecule has 0 aromatic heterocycles. The highest BCUT2D eigenvalue weighted by Gasteiger charge is 2.22. The quantitative estimate of drug-likeness (QED) is 0.881. The van der Waals surface area contributed by atoms with Crippen molar-refractivity contribution in [3.8, 4) is 5.75 Å². The van der Waals surface area contributed by atoms with Crippen LogP contribution in [0.5, 0.6) is 5.75 Å². The summed E-state index contributed by atoms with van der Waals surface area (Å²) in [7, 11) is 0. The van der Waals surface area contributed by atoms with Crippen molar-refractivity contribution in [3.05, 3.63) is 64.7 Å². The van der Waals surface area contributed by atoms with Crippen LogP contribution < -0.4 is 4.74 Å². The summed E-state index contributed by atoms with van der Waals surface area (Å²) < 4.78 is 5.77. The van der Waals surface area contributed by atoms with Crippen LogP contribution in [0.3, 0.4) is 0 Å². The Balaban J connectivity index is 1.91. The van der Waals surface area contributed by atoms with Gasteiger partial charge in [0.1, 0.15) is 12.4 Å². The van der Waals surface area contributed by atoms with Crippen molar-refractivity contribution in [2.75, 3.05) is 13.1 Å². The molecule has 0 saturated carbocycles. The lowest BCUT2D eigenvalue weighted by molar-refractivity contribution is -0.0849. The molecule has 0 amide bonds. The molecule has 4 nitrogen and oxygen atoms in total. The SMILES string of the molecule is CCN(O)CCc1ccc2c(c1)C(=O)c1ccccc1CO2. The van der Waals surface area contributed by atoms with Crippen molar-refractivity contribution in [2.45, 2.75) is 20.0 Å². The van der Waals surface area contributed by atoms with Gasteiger partial charge in [0.05, 0.1) is 5.56 Å². The Morgan fingerprint density at radius 3 is 2.82 bits per heavy atom. The normalized spacial score (nSPS) is 13.3. The molecule has 4 heteroatoms. The monoisotopic (exact) mass is 297 g/mol. The largest absolute Gasteiger partial charge is 0.488 e. The van der Waals surface area contributed by atoms with E-state index < -0.39 is 0 Å². The van der Waals surface area contributed by atoms with Crippen LogP contribution in [0.15, 0.2) is 42.5 Å². The van der Waals surface area contributed by atoms with Crippen molar-refractivity contribution < 1.29 is 14.7 Å². The summed E-state index contributed by atoms with van der Waals surface area (Å²) >= 11 is 0. The predicted octanol–water partition coefficient (Wildman–Crippen LogP) is 3.06. The van der Waals surface area contributed by atoms with E-state index in [1.807, 2.05) is 49.4 Å². The van der Waals surface area contributed by atoms with Crippen LogP contribution >= 0.6 is 0 Å². The number of rotatable bonds is 4. The Morgan fingerprint density at radius 2 is 2.00 bits per heavy atom. The maximum atomic E-state index is 12.7. The van der Waals surface area contributed by atoms with Crippen LogP contribution in [0.2, 0.25) is 0 Å². The molecule has 0 saturated heterocycles. The minimum absolute atomic E-state index is 0.00120. The molecule has 0 bridgehead atoms. The average molecular weight is 297 g/mol. The van der Waals surface area contributed by atoms with Crippen LogP contribution in [-0.2, 0) is 13.0 Å². The van der Waals surface area contributed by atoms with E-state index in [0.717, 1.165) is 11.1 Å². The topological polar surface area (TPSA) is 49.8 Å². The fourth-order valence-electron chi connectivity index (χ4n) is 2.62. The number of hydrogen-bond donors (Lipinski definition) is 1. The summed E-state index contributed by atoms with van der Waals surface area (Å²) in [6.45, 7) is 3.43. The molecule has 0 fully saturated rings. The van der Waals surface area contributed by atoms with Gasteiger partial charge in [-0.3, -0.25) is 4.79 Å². The van der Waals surface area contributed by atoms with E-state index in [-0.39, 0.29) is 5.78 Å². The highest BCUT2D eigenvalue weighted by atomic mass is 16.5. The van der Waals surface area contributed by atoms with Crippen molar-refractivity contribution in [3.63, 3.8) is 0 Å². The maximum absolute atomic E-state index is 12.7. The van der Waals surface area contributed by atoms with Gasteiger partial charge in [-0.15, -0.1) is 0 Å². The number of carbonyl (C=O) groups is 1. The molecule has 0 unspecified atom stereocenters. The van der Waals surface area contributed by atoms with Gasteiger partial charge in [0.2, 0.25) is 0 Å². The molecule has 3 rings (SSSR count). The van der Waals surface area contributed by atoms with E-state index >= 15 is 0 Å². The summed E-state index contributed by atoms with van der Waals surface area (Å²) in [4.78, 5) is 12.7. The average Bonchev–Trinajstić information content (AvgIpc) is 2.70. The Morgan fingerprint density at radius 1 is 1.18 bits per heavy atom. The molecule has 1 N–H and O–H groups in total. The lowest BCUT2D eigenvalue weighted by Crippen LogP contribution is -2.21. The molecule has 1 aliphatic heterocycles. The minimum Gasteiger partial charge on any atom is -0.488 e. The van der Waals surface area contributed by atoms with Crippen molar-refractivity contribution >= 4 is 5.78 Å². The van der Waals surface area contributed by atoms with E-state index in [4.69, 9.17) is 4.74 Å². The highest BCUT2D eigenvalue weighted by molar-refractivity contribution is 6.12. The number of likely N-dealkylation sites (N-methyl/N-ethyl adjacent to an activating group) is 1. The Kier molecular flexibility index (Phi) is 4.22. The molecule has 0 aliphatic carbocycles. The first-order valence-electron chi connectivity index (χ1n) is 7.51. The summed E-state index contributed by atoms with van der Waals surface area (Å²) in [5, 5.41) is 10.8. The molecular formula is C18H19NO3. The lowest BCUT2D eigenvalue weighted by Gasteiger charge is -2.13. The summed E-state index contributed by atoms with van der Waals surface area (Å²) in [5.41, 5.74) is 3.24. The third kappa shape index (κ3) is 2.89. The van der Waals surface area contributed by atoms with Gasteiger partial charge in [0.15, 0.2) is 5.78 Å². The number of hydroxylamine groups is 2. The first-order valence-corrected chi connectivity index (χ1v) is 7.51. The Bertz CT molecular complexity index is 696. The zero-order valence-electron chi connectivity index (χ0n) is 12.6. The molecule has 114 valence electrons. The molecule has 0 spiro atoms. The standard InChI is InChI=1S/C18H19NO3/c1-2-19(21)10-9-13-7-8-17-16(11-13)18(20)15-6-4-3-5-14(15)12-22-17/h3-8,11,21H,2,9-10,12H2,1H3. The summed E-state index contributed by atoms with van der Waals surface area (Å²) in [6.07, 6.45) is 0.687. The van der Waals surface area contributed by atoms with Crippen LogP contribution in [0, 0.1) is 0 Å². The zero-order chi connectivity index (χ0) is 15.5. The van der Waals surface area contributed by atoms with E-state index in [9.17, 15) is 10.0 Å². The van der Waals surface area contributed by atoms with Gasteiger partial charge in [-0.25, -0.2) is 0 Å². The molecule has 1 heterocycles. The van der Waals surface area contributed by atoms with E-state index in [1.54, 1.807) is 0 Å². The number of carbonyl (C=O) groups excluding carboxylic acids is 1. The Labute approximate surface area is 129 Å². The predicted molar refractivity (Wildman–Crippen MR) is 83.4 cm³/mol. The van der Waals surface area contributed by atoms with Gasteiger partial charge in [-0.05, 0) is 24.1 Å². The first kappa shape index (κ1) is 14.8. The number of fused-ring (bicyclic) bond motifs is 2. The number of ketones is 1. The third-order valence-corrected chi connectivity index (χ3v) is 3.96. The highest BCUT2D eigenvalue weighted by Crippen LogP contribution is 2.29. The molecular weight excluding hydrogens is 278 g/mol. The smallest absolute Gasteiger partial charge is 0.197 e. The Hall–Kier alpha value is -2.17. The molecule has 0 atom stereocenters. The van der Waals surface area contributed by atoms with Crippen LogP contribution in [0.1, 0.15) is 34.0 Å².